The first-order valence-corrected chi connectivity index (χ1v) is 10.6. The largest absolute Gasteiger partial charge is 0.490 e. The molecule has 8 heteroatoms. The van der Waals surface area contributed by atoms with Crippen molar-refractivity contribution in [3.8, 4) is 17.2 Å². The number of aryl methyl sites for hydroxylation is 2. The monoisotopic (exact) mass is 452 g/mol. The highest BCUT2D eigenvalue weighted by atomic mass is 16.5. The Morgan fingerprint density at radius 3 is 2.09 bits per heavy atom. The summed E-state index contributed by atoms with van der Waals surface area (Å²) in [5.41, 5.74) is 2.84. The molecule has 174 valence electrons. The number of hydrogen-bond acceptors (Lipinski definition) is 6. The van der Waals surface area contributed by atoms with Gasteiger partial charge in [0.1, 0.15) is 24.5 Å². The van der Waals surface area contributed by atoms with Crippen LogP contribution in [0.1, 0.15) is 23.6 Å². The Hall–Kier alpha value is -3.81. The molecule has 8 nitrogen and oxygen atoms in total. The fourth-order valence-electron chi connectivity index (χ4n) is 3.26. The van der Waals surface area contributed by atoms with Crippen molar-refractivity contribution in [3.05, 3.63) is 58.7 Å². The van der Waals surface area contributed by atoms with Gasteiger partial charge in [0.05, 0.1) is 6.61 Å². The van der Waals surface area contributed by atoms with Crippen LogP contribution in [0, 0.1) is 13.8 Å². The van der Waals surface area contributed by atoms with Crippen LogP contribution in [0.5, 0.6) is 17.2 Å². The molecule has 0 atom stereocenters. The number of ether oxygens (including phenoxy) is 3. The summed E-state index contributed by atoms with van der Waals surface area (Å²) in [5, 5.41) is 0. The van der Waals surface area contributed by atoms with Crippen molar-refractivity contribution >= 4 is 23.9 Å². The molecule has 2 aromatic rings. The van der Waals surface area contributed by atoms with Crippen LogP contribution < -0.4 is 14.2 Å². The molecule has 1 aliphatic rings. The van der Waals surface area contributed by atoms with E-state index in [-0.39, 0.29) is 5.57 Å². The summed E-state index contributed by atoms with van der Waals surface area (Å²) < 4.78 is 17.3. The van der Waals surface area contributed by atoms with Gasteiger partial charge in [-0.1, -0.05) is 12.1 Å². The first-order chi connectivity index (χ1) is 15.7. The number of imide groups is 2. The lowest BCUT2D eigenvalue weighted by molar-refractivity contribution is -0.134. The van der Waals surface area contributed by atoms with E-state index in [2.05, 4.69) is 0 Å². The number of likely N-dealkylation sites (N-methyl/N-ethyl adjacent to an activating group) is 2. The fourth-order valence-corrected chi connectivity index (χ4v) is 3.26. The summed E-state index contributed by atoms with van der Waals surface area (Å²) in [5.74, 6) is 0.485. The minimum atomic E-state index is -0.663. The van der Waals surface area contributed by atoms with Gasteiger partial charge in [-0.15, -0.1) is 0 Å². The highest BCUT2D eigenvalue weighted by Gasteiger charge is 2.37. The first kappa shape index (κ1) is 23.8. The van der Waals surface area contributed by atoms with Gasteiger partial charge in [0, 0.05) is 14.1 Å². The van der Waals surface area contributed by atoms with Crippen molar-refractivity contribution in [3.63, 3.8) is 0 Å². The van der Waals surface area contributed by atoms with Crippen molar-refractivity contribution < 1.29 is 28.6 Å². The number of rotatable bonds is 8. The van der Waals surface area contributed by atoms with E-state index in [1.54, 1.807) is 18.2 Å². The zero-order valence-electron chi connectivity index (χ0n) is 19.5. The van der Waals surface area contributed by atoms with Crippen LogP contribution in [-0.4, -0.2) is 61.6 Å². The van der Waals surface area contributed by atoms with Crippen LogP contribution in [0.4, 0.5) is 4.79 Å². The molecule has 1 aliphatic heterocycles. The normalized spacial score (nSPS) is 14.0. The molecule has 0 radical (unpaired) electrons. The standard InChI is InChI=1S/C25H28N2O6/c1-6-31-22-15-18(14-20-23(28)26(4)25(30)27(5)24(20)29)8-10-21(22)33-12-11-32-19-9-7-16(2)17(3)13-19/h7-10,13-15H,6,11-12H2,1-5H3. The highest BCUT2D eigenvalue weighted by Crippen LogP contribution is 2.30. The molecule has 2 aromatic carbocycles. The van der Waals surface area contributed by atoms with Crippen molar-refractivity contribution in [2.75, 3.05) is 33.9 Å². The molecule has 4 amide bonds. The molecule has 33 heavy (non-hydrogen) atoms. The van der Waals surface area contributed by atoms with Crippen LogP contribution in [-0.2, 0) is 9.59 Å². The average molecular weight is 453 g/mol. The second-order valence-corrected chi connectivity index (χ2v) is 7.65. The number of urea groups is 1. The van der Waals surface area contributed by atoms with Crippen molar-refractivity contribution in [2.45, 2.75) is 20.8 Å². The Morgan fingerprint density at radius 1 is 0.788 bits per heavy atom. The zero-order valence-corrected chi connectivity index (χ0v) is 19.5. The molecule has 0 saturated carbocycles. The van der Waals surface area contributed by atoms with E-state index in [0.717, 1.165) is 21.1 Å². The lowest BCUT2D eigenvalue weighted by atomic mass is 10.1. The third kappa shape index (κ3) is 5.34. The maximum absolute atomic E-state index is 12.4. The van der Waals surface area contributed by atoms with Gasteiger partial charge >= 0.3 is 6.03 Å². The van der Waals surface area contributed by atoms with Gasteiger partial charge in [-0.3, -0.25) is 19.4 Å². The molecule has 3 rings (SSSR count). The third-order valence-electron chi connectivity index (χ3n) is 5.31. The second kappa shape index (κ2) is 10.2. The molecule has 0 aliphatic carbocycles. The maximum atomic E-state index is 12.4. The van der Waals surface area contributed by atoms with Gasteiger partial charge in [0.2, 0.25) is 0 Å². The average Bonchev–Trinajstić information content (AvgIpc) is 2.80. The molecule has 0 N–H and O–H groups in total. The highest BCUT2D eigenvalue weighted by molar-refractivity contribution is 6.30. The number of hydrogen-bond donors (Lipinski definition) is 0. The second-order valence-electron chi connectivity index (χ2n) is 7.65. The van der Waals surface area contributed by atoms with E-state index in [1.807, 2.05) is 39.0 Å². The molecule has 1 saturated heterocycles. The number of amides is 4. The topological polar surface area (TPSA) is 85.4 Å². The zero-order chi connectivity index (χ0) is 24.1. The first-order valence-electron chi connectivity index (χ1n) is 10.6. The number of nitrogens with zero attached hydrogens (tertiary/aromatic N) is 2. The summed E-state index contributed by atoms with van der Waals surface area (Å²) in [6, 6.07) is 10.4. The van der Waals surface area contributed by atoms with Crippen molar-refractivity contribution in [1.82, 2.24) is 9.80 Å². The Morgan fingerprint density at radius 2 is 1.45 bits per heavy atom. The summed E-state index contributed by atoms with van der Waals surface area (Å²) in [7, 11) is 2.67. The predicted molar refractivity (Wildman–Crippen MR) is 123 cm³/mol. The van der Waals surface area contributed by atoms with Crippen LogP contribution in [0.25, 0.3) is 6.08 Å². The third-order valence-corrected chi connectivity index (χ3v) is 5.31. The predicted octanol–water partition coefficient (Wildman–Crippen LogP) is 3.59. The Bertz CT molecular complexity index is 1080. The van der Waals surface area contributed by atoms with Gasteiger partial charge in [-0.2, -0.15) is 0 Å². The van der Waals surface area contributed by atoms with E-state index in [0.29, 0.717) is 36.9 Å². The van der Waals surface area contributed by atoms with Crippen molar-refractivity contribution in [2.24, 2.45) is 0 Å². The summed E-state index contributed by atoms with van der Waals surface area (Å²) in [4.78, 5) is 38.6. The summed E-state index contributed by atoms with van der Waals surface area (Å²) in [6.07, 6.45) is 1.44. The molecule has 1 heterocycles. The SMILES string of the molecule is CCOc1cc(C=C2C(=O)N(C)C(=O)N(C)C2=O)ccc1OCCOc1ccc(C)c(C)c1. The minimum absolute atomic E-state index is 0.0995. The molecule has 0 unspecified atom stereocenters. The van der Waals surface area contributed by atoms with Gasteiger partial charge in [0.15, 0.2) is 11.5 Å². The Labute approximate surface area is 193 Å². The van der Waals surface area contributed by atoms with E-state index in [9.17, 15) is 14.4 Å². The number of carbonyl (C=O) groups excluding carboxylic acids is 3. The number of barbiturate groups is 1. The van der Waals surface area contributed by atoms with E-state index < -0.39 is 17.8 Å². The Balaban J connectivity index is 1.71. The lowest BCUT2D eigenvalue weighted by Gasteiger charge is -2.28. The van der Waals surface area contributed by atoms with Crippen LogP contribution in [0.15, 0.2) is 42.0 Å². The number of carbonyl (C=O) groups is 3. The van der Waals surface area contributed by atoms with Gasteiger partial charge in [-0.05, 0) is 67.8 Å². The van der Waals surface area contributed by atoms with Crippen LogP contribution in [0.2, 0.25) is 0 Å². The molecule has 1 fully saturated rings. The lowest BCUT2D eigenvalue weighted by Crippen LogP contribution is -2.52. The van der Waals surface area contributed by atoms with Crippen molar-refractivity contribution in [1.29, 1.82) is 0 Å². The quantitative estimate of drug-likeness (QED) is 0.346. The Kier molecular flexibility index (Phi) is 7.37. The molecular formula is C25H28N2O6. The molecule has 0 spiro atoms. The van der Waals surface area contributed by atoms with Gasteiger partial charge in [0.25, 0.3) is 11.8 Å². The smallest absolute Gasteiger partial charge is 0.333 e. The molecule has 0 aromatic heterocycles. The van der Waals surface area contributed by atoms with E-state index in [4.69, 9.17) is 14.2 Å². The van der Waals surface area contributed by atoms with Gasteiger partial charge in [-0.25, -0.2) is 4.79 Å². The minimum Gasteiger partial charge on any atom is -0.490 e. The fraction of sp³-hybridized carbons (Fsp3) is 0.320. The molecule has 0 bridgehead atoms. The van der Waals surface area contributed by atoms with E-state index in [1.165, 1.54) is 25.7 Å². The maximum Gasteiger partial charge on any atom is 0.333 e. The molecular weight excluding hydrogens is 424 g/mol. The van der Waals surface area contributed by atoms with E-state index >= 15 is 0 Å². The number of benzene rings is 2. The van der Waals surface area contributed by atoms with Crippen LogP contribution in [0.3, 0.4) is 0 Å². The summed E-state index contributed by atoms with van der Waals surface area (Å²) >= 11 is 0. The summed E-state index contributed by atoms with van der Waals surface area (Å²) in [6.45, 7) is 7.01. The van der Waals surface area contributed by atoms with Crippen LogP contribution >= 0.6 is 0 Å². The van der Waals surface area contributed by atoms with Gasteiger partial charge < -0.3 is 14.2 Å².